The first-order chi connectivity index (χ1) is 10.2. The average Bonchev–Trinajstić information content (AvgIpc) is 2.48. The molecule has 0 bridgehead atoms. The zero-order valence-corrected chi connectivity index (χ0v) is 11.4. The Balaban J connectivity index is 2.31. The maximum absolute atomic E-state index is 13.5. The minimum Gasteiger partial charge on any atom is -0.383 e. The topological polar surface area (TPSA) is 77.8 Å². The lowest BCUT2D eigenvalue weighted by Gasteiger charge is -2.11. The van der Waals surface area contributed by atoms with E-state index in [2.05, 4.69) is 15.6 Å². The van der Waals surface area contributed by atoms with Crippen molar-refractivity contribution in [1.82, 2.24) is 4.98 Å². The number of nitrogens with one attached hydrogen (secondary N) is 2. The lowest BCUT2D eigenvalue weighted by Crippen LogP contribution is -2.16. The van der Waals surface area contributed by atoms with Gasteiger partial charge in [-0.3, -0.25) is 9.78 Å². The first kappa shape index (κ1) is 14.5. The summed E-state index contributed by atoms with van der Waals surface area (Å²) >= 11 is 0. The fraction of sp³-hybridized carbons (Fsp3) is 0.133. The number of rotatable bonds is 4. The second-order valence-electron chi connectivity index (χ2n) is 4.18. The molecule has 0 aliphatic carbocycles. The van der Waals surface area contributed by atoms with Gasteiger partial charge in [-0.25, -0.2) is 4.39 Å². The molecule has 0 atom stereocenters. The van der Waals surface area contributed by atoms with E-state index in [1.165, 1.54) is 30.6 Å². The van der Waals surface area contributed by atoms with Gasteiger partial charge in [0.1, 0.15) is 17.4 Å². The van der Waals surface area contributed by atoms with Gasteiger partial charge in [0.25, 0.3) is 5.91 Å². The van der Waals surface area contributed by atoms with Crippen molar-refractivity contribution < 1.29 is 9.18 Å². The molecule has 2 aromatic rings. The Hall–Kier alpha value is -2.94. The molecule has 1 amide bonds. The highest BCUT2D eigenvalue weighted by Crippen LogP contribution is 2.20. The van der Waals surface area contributed by atoms with Crippen LogP contribution in [-0.4, -0.2) is 17.4 Å². The van der Waals surface area contributed by atoms with Gasteiger partial charge in [0.2, 0.25) is 0 Å². The summed E-state index contributed by atoms with van der Waals surface area (Å²) in [4.78, 5) is 16.2. The standard InChI is InChI=1S/C15H13FN4O/c1-2-19-14-9-18-7-6-10(14)15(21)20-13-5-3-4-12(16)11(13)8-17/h3-7,9,19H,2H2,1H3,(H,20,21). The quantitative estimate of drug-likeness (QED) is 0.905. The molecule has 0 saturated heterocycles. The van der Waals surface area contributed by atoms with Crippen LogP contribution in [0.5, 0.6) is 0 Å². The van der Waals surface area contributed by atoms with Gasteiger partial charge in [0.05, 0.1) is 23.1 Å². The summed E-state index contributed by atoms with van der Waals surface area (Å²) < 4.78 is 13.5. The summed E-state index contributed by atoms with van der Waals surface area (Å²) in [6, 6.07) is 7.38. The molecule has 5 nitrogen and oxygen atoms in total. The number of hydrogen-bond donors (Lipinski definition) is 2. The first-order valence-corrected chi connectivity index (χ1v) is 6.35. The monoisotopic (exact) mass is 284 g/mol. The molecule has 1 aromatic heterocycles. The van der Waals surface area contributed by atoms with Crippen LogP contribution in [0.1, 0.15) is 22.8 Å². The normalized spacial score (nSPS) is 9.76. The molecule has 0 unspecified atom stereocenters. The van der Waals surface area contributed by atoms with Crippen molar-refractivity contribution >= 4 is 17.3 Å². The molecule has 0 aliphatic rings. The van der Waals surface area contributed by atoms with Crippen LogP contribution in [-0.2, 0) is 0 Å². The third-order valence-electron chi connectivity index (χ3n) is 2.81. The molecule has 0 saturated carbocycles. The van der Waals surface area contributed by atoms with Crippen LogP contribution in [0.4, 0.5) is 15.8 Å². The summed E-state index contributed by atoms with van der Waals surface area (Å²) in [5, 5.41) is 14.5. The molecule has 21 heavy (non-hydrogen) atoms. The predicted octanol–water partition coefficient (Wildman–Crippen LogP) is 2.78. The zero-order chi connectivity index (χ0) is 15.2. The van der Waals surface area contributed by atoms with Crippen LogP contribution in [0.3, 0.4) is 0 Å². The summed E-state index contributed by atoms with van der Waals surface area (Å²) in [6.45, 7) is 2.53. The third kappa shape index (κ3) is 3.15. The van der Waals surface area contributed by atoms with Gasteiger partial charge < -0.3 is 10.6 Å². The van der Waals surface area contributed by atoms with E-state index in [4.69, 9.17) is 5.26 Å². The average molecular weight is 284 g/mol. The second kappa shape index (κ2) is 6.48. The summed E-state index contributed by atoms with van der Waals surface area (Å²) in [5.41, 5.74) is 0.902. The van der Waals surface area contributed by atoms with E-state index in [1.807, 2.05) is 6.92 Å². The highest BCUT2D eigenvalue weighted by molar-refractivity contribution is 6.08. The lowest BCUT2D eigenvalue weighted by atomic mass is 10.1. The molecule has 1 heterocycles. The van der Waals surface area contributed by atoms with Crippen LogP contribution < -0.4 is 10.6 Å². The van der Waals surface area contributed by atoms with Gasteiger partial charge in [0, 0.05) is 12.7 Å². The smallest absolute Gasteiger partial charge is 0.257 e. The van der Waals surface area contributed by atoms with Gasteiger partial charge in [-0.05, 0) is 25.1 Å². The van der Waals surface area contributed by atoms with E-state index < -0.39 is 11.7 Å². The molecule has 0 spiro atoms. The van der Waals surface area contributed by atoms with Crippen LogP contribution >= 0.6 is 0 Å². The fourth-order valence-corrected chi connectivity index (χ4v) is 1.86. The van der Waals surface area contributed by atoms with Crippen molar-refractivity contribution in [1.29, 1.82) is 5.26 Å². The molecule has 2 N–H and O–H groups in total. The van der Waals surface area contributed by atoms with Gasteiger partial charge >= 0.3 is 0 Å². The predicted molar refractivity (Wildman–Crippen MR) is 77.5 cm³/mol. The molecular formula is C15H13FN4O. The molecule has 6 heteroatoms. The van der Waals surface area contributed by atoms with Crippen LogP contribution in [0, 0.1) is 17.1 Å². The van der Waals surface area contributed by atoms with Crippen molar-refractivity contribution in [3.05, 3.63) is 53.6 Å². The third-order valence-corrected chi connectivity index (χ3v) is 2.81. The number of nitrogens with zero attached hydrogens (tertiary/aromatic N) is 2. The van der Waals surface area contributed by atoms with Gasteiger partial charge in [0.15, 0.2) is 0 Å². The number of amides is 1. The van der Waals surface area contributed by atoms with Crippen molar-refractivity contribution in [2.45, 2.75) is 6.92 Å². The Morgan fingerprint density at radius 3 is 2.90 bits per heavy atom. The molecule has 0 aliphatic heterocycles. The Morgan fingerprint density at radius 1 is 1.38 bits per heavy atom. The molecule has 0 fully saturated rings. The maximum Gasteiger partial charge on any atom is 0.257 e. The number of aromatic nitrogens is 1. The number of anilines is 2. The van der Waals surface area contributed by atoms with Gasteiger partial charge in [-0.2, -0.15) is 5.26 Å². The number of benzene rings is 1. The first-order valence-electron chi connectivity index (χ1n) is 6.35. The summed E-state index contributed by atoms with van der Waals surface area (Å²) in [7, 11) is 0. The molecular weight excluding hydrogens is 271 g/mol. The SMILES string of the molecule is CCNc1cnccc1C(=O)Nc1cccc(F)c1C#N. The largest absolute Gasteiger partial charge is 0.383 e. The highest BCUT2D eigenvalue weighted by atomic mass is 19.1. The lowest BCUT2D eigenvalue weighted by molar-refractivity contribution is 0.102. The summed E-state index contributed by atoms with van der Waals surface area (Å²) in [5.74, 6) is -1.10. The van der Waals surface area contributed by atoms with E-state index in [9.17, 15) is 9.18 Å². The fourth-order valence-electron chi connectivity index (χ4n) is 1.86. The van der Waals surface area contributed by atoms with Crippen molar-refractivity contribution in [2.75, 3.05) is 17.2 Å². The number of halogens is 1. The minimum absolute atomic E-state index is 0.141. The molecule has 0 radical (unpaired) electrons. The zero-order valence-electron chi connectivity index (χ0n) is 11.4. The molecule has 1 aromatic carbocycles. The van der Waals surface area contributed by atoms with Crippen LogP contribution in [0.2, 0.25) is 0 Å². The Morgan fingerprint density at radius 2 is 2.19 bits per heavy atom. The van der Waals surface area contributed by atoms with E-state index in [0.717, 1.165) is 0 Å². The number of carbonyl (C=O) groups excluding carboxylic acids is 1. The van der Waals surface area contributed by atoms with Crippen molar-refractivity contribution in [3.63, 3.8) is 0 Å². The van der Waals surface area contributed by atoms with Gasteiger partial charge in [-0.1, -0.05) is 6.07 Å². The minimum atomic E-state index is -0.670. The Bertz CT molecular complexity index is 709. The summed E-state index contributed by atoms with van der Waals surface area (Å²) in [6.07, 6.45) is 3.03. The van der Waals surface area contributed by atoms with Gasteiger partial charge in [-0.15, -0.1) is 0 Å². The second-order valence-corrected chi connectivity index (χ2v) is 4.18. The maximum atomic E-state index is 13.5. The number of carbonyl (C=O) groups is 1. The van der Waals surface area contributed by atoms with Crippen molar-refractivity contribution in [3.8, 4) is 6.07 Å². The van der Waals surface area contributed by atoms with E-state index in [0.29, 0.717) is 17.8 Å². The van der Waals surface area contributed by atoms with E-state index in [-0.39, 0.29) is 11.3 Å². The van der Waals surface area contributed by atoms with Crippen LogP contribution in [0.15, 0.2) is 36.7 Å². The van der Waals surface area contributed by atoms with E-state index in [1.54, 1.807) is 12.1 Å². The number of nitriles is 1. The highest BCUT2D eigenvalue weighted by Gasteiger charge is 2.14. The van der Waals surface area contributed by atoms with Crippen molar-refractivity contribution in [2.24, 2.45) is 0 Å². The molecule has 2 rings (SSSR count). The Labute approximate surface area is 121 Å². The molecule has 106 valence electrons. The van der Waals surface area contributed by atoms with E-state index >= 15 is 0 Å². The Kier molecular flexibility index (Phi) is 4.46. The number of pyridine rings is 1. The number of hydrogen-bond acceptors (Lipinski definition) is 4. The van der Waals surface area contributed by atoms with Crippen LogP contribution in [0.25, 0.3) is 0 Å².